The molecule has 0 aromatic heterocycles. The Labute approximate surface area is 113 Å². The van der Waals surface area contributed by atoms with Crippen molar-refractivity contribution in [3.05, 3.63) is 23.5 Å². The number of sulfonamides is 1. The highest BCUT2D eigenvalue weighted by Crippen LogP contribution is 2.27. The molecule has 0 atom stereocenters. The van der Waals surface area contributed by atoms with Crippen LogP contribution < -0.4 is 5.73 Å². The zero-order chi connectivity index (χ0) is 14.2. The SMILES string of the molecule is Cc1cc(F)c(S(=O)(=O)N2CCC(C)CC2)cc1N. The molecule has 6 heteroatoms. The van der Waals surface area contributed by atoms with Crippen molar-refractivity contribution in [3.8, 4) is 0 Å². The van der Waals surface area contributed by atoms with Crippen molar-refractivity contribution in [1.82, 2.24) is 4.31 Å². The molecule has 1 aromatic carbocycles. The number of hydrogen-bond donors (Lipinski definition) is 1. The van der Waals surface area contributed by atoms with E-state index in [4.69, 9.17) is 5.73 Å². The van der Waals surface area contributed by atoms with E-state index in [1.54, 1.807) is 6.92 Å². The van der Waals surface area contributed by atoms with Gasteiger partial charge in [-0.05, 0) is 43.4 Å². The Hall–Kier alpha value is -1.14. The summed E-state index contributed by atoms with van der Waals surface area (Å²) in [7, 11) is -3.78. The highest BCUT2D eigenvalue weighted by atomic mass is 32.2. The number of halogens is 1. The molecule has 0 bridgehead atoms. The summed E-state index contributed by atoms with van der Waals surface area (Å²) in [6, 6.07) is 2.40. The third-order valence-corrected chi connectivity index (χ3v) is 5.59. The molecule has 19 heavy (non-hydrogen) atoms. The molecule has 1 heterocycles. The average Bonchev–Trinajstić information content (AvgIpc) is 2.34. The van der Waals surface area contributed by atoms with E-state index in [2.05, 4.69) is 6.92 Å². The fourth-order valence-electron chi connectivity index (χ4n) is 2.23. The van der Waals surface area contributed by atoms with E-state index in [1.807, 2.05) is 0 Å². The molecular weight excluding hydrogens is 267 g/mol. The van der Waals surface area contributed by atoms with Crippen molar-refractivity contribution in [2.24, 2.45) is 5.92 Å². The second kappa shape index (κ2) is 5.09. The first-order valence-corrected chi connectivity index (χ1v) is 7.82. The minimum Gasteiger partial charge on any atom is -0.398 e. The minimum atomic E-state index is -3.78. The second-order valence-corrected chi connectivity index (χ2v) is 7.13. The number of nitrogens with zero attached hydrogens (tertiary/aromatic N) is 1. The van der Waals surface area contributed by atoms with E-state index in [0.29, 0.717) is 30.3 Å². The smallest absolute Gasteiger partial charge is 0.246 e. The van der Waals surface area contributed by atoms with Crippen LogP contribution in [0, 0.1) is 18.7 Å². The molecule has 1 aromatic rings. The van der Waals surface area contributed by atoms with Gasteiger partial charge in [0.1, 0.15) is 10.7 Å². The van der Waals surface area contributed by atoms with Gasteiger partial charge in [-0.3, -0.25) is 0 Å². The maximum atomic E-state index is 13.9. The Morgan fingerprint density at radius 2 is 1.89 bits per heavy atom. The Morgan fingerprint density at radius 1 is 1.32 bits per heavy atom. The highest BCUT2D eigenvalue weighted by Gasteiger charge is 2.30. The van der Waals surface area contributed by atoms with Crippen molar-refractivity contribution in [1.29, 1.82) is 0 Å². The molecule has 0 unspecified atom stereocenters. The van der Waals surface area contributed by atoms with Crippen LogP contribution in [0.25, 0.3) is 0 Å². The Bertz CT molecular complexity index is 579. The monoisotopic (exact) mass is 286 g/mol. The normalized spacial score (nSPS) is 18.7. The molecular formula is C13H19FN2O2S. The Morgan fingerprint density at radius 3 is 2.47 bits per heavy atom. The van der Waals surface area contributed by atoms with Gasteiger partial charge in [-0.25, -0.2) is 12.8 Å². The third-order valence-electron chi connectivity index (χ3n) is 3.68. The zero-order valence-corrected chi connectivity index (χ0v) is 12.0. The van der Waals surface area contributed by atoms with Gasteiger partial charge in [0.25, 0.3) is 0 Å². The molecule has 0 aliphatic carbocycles. The fourth-order valence-corrected chi connectivity index (χ4v) is 3.78. The van der Waals surface area contributed by atoms with Gasteiger partial charge >= 0.3 is 0 Å². The molecule has 1 aliphatic heterocycles. The maximum absolute atomic E-state index is 13.9. The number of rotatable bonds is 2. The molecule has 106 valence electrons. The van der Waals surface area contributed by atoms with Crippen molar-refractivity contribution in [2.45, 2.75) is 31.6 Å². The van der Waals surface area contributed by atoms with Gasteiger partial charge in [0.2, 0.25) is 10.0 Å². The van der Waals surface area contributed by atoms with Crippen LogP contribution in [0.1, 0.15) is 25.3 Å². The lowest BCUT2D eigenvalue weighted by Crippen LogP contribution is -2.38. The third kappa shape index (κ3) is 2.74. The molecule has 0 saturated carbocycles. The van der Waals surface area contributed by atoms with Gasteiger partial charge in [-0.15, -0.1) is 0 Å². The molecule has 4 nitrogen and oxygen atoms in total. The van der Waals surface area contributed by atoms with E-state index in [1.165, 1.54) is 16.4 Å². The Kier molecular flexibility index (Phi) is 3.82. The fraction of sp³-hybridized carbons (Fsp3) is 0.538. The Balaban J connectivity index is 2.37. The van der Waals surface area contributed by atoms with Gasteiger partial charge in [-0.2, -0.15) is 4.31 Å². The lowest BCUT2D eigenvalue weighted by molar-refractivity contribution is 0.287. The summed E-state index contributed by atoms with van der Waals surface area (Å²) in [5.74, 6) is -0.218. The van der Waals surface area contributed by atoms with E-state index in [-0.39, 0.29) is 4.90 Å². The summed E-state index contributed by atoms with van der Waals surface area (Å²) in [5, 5.41) is 0. The van der Waals surface area contributed by atoms with E-state index in [0.717, 1.165) is 12.8 Å². The highest BCUT2D eigenvalue weighted by molar-refractivity contribution is 7.89. The number of nitrogen functional groups attached to an aromatic ring is 1. The van der Waals surface area contributed by atoms with E-state index < -0.39 is 15.8 Å². The topological polar surface area (TPSA) is 63.4 Å². The quantitative estimate of drug-likeness (QED) is 0.847. The number of nitrogens with two attached hydrogens (primary N) is 1. The van der Waals surface area contributed by atoms with Crippen molar-refractivity contribution < 1.29 is 12.8 Å². The van der Waals surface area contributed by atoms with Gasteiger partial charge < -0.3 is 5.73 Å². The molecule has 1 fully saturated rings. The van der Waals surface area contributed by atoms with Gasteiger partial charge in [0.15, 0.2) is 0 Å². The summed E-state index contributed by atoms with van der Waals surface area (Å²) in [6.07, 6.45) is 1.62. The molecule has 1 aliphatic rings. The van der Waals surface area contributed by atoms with Crippen LogP contribution in [-0.2, 0) is 10.0 Å². The maximum Gasteiger partial charge on any atom is 0.246 e. The van der Waals surface area contributed by atoms with E-state index in [9.17, 15) is 12.8 Å². The van der Waals surface area contributed by atoms with Crippen LogP contribution in [0.4, 0.5) is 10.1 Å². The van der Waals surface area contributed by atoms with Crippen molar-refractivity contribution in [3.63, 3.8) is 0 Å². The van der Waals surface area contributed by atoms with Crippen molar-refractivity contribution >= 4 is 15.7 Å². The van der Waals surface area contributed by atoms with Crippen LogP contribution >= 0.6 is 0 Å². The molecule has 2 N–H and O–H groups in total. The number of anilines is 1. The number of aryl methyl sites for hydroxylation is 1. The van der Waals surface area contributed by atoms with Crippen LogP contribution in [0.15, 0.2) is 17.0 Å². The number of piperidine rings is 1. The van der Waals surface area contributed by atoms with Crippen LogP contribution in [-0.4, -0.2) is 25.8 Å². The number of benzene rings is 1. The predicted octanol–water partition coefficient (Wildman–Crippen LogP) is 2.14. The van der Waals surface area contributed by atoms with E-state index >= 15 is 0 Å². The first kappa shape index (κ1) is 14.3. The molecule has 1 saturated heterocycles. The molecule has 0 amide bonds. The van der Waals surface area contributed by atoms with Gasteiger partial charge in [-0.1, -0.05) is 6.92 Å². The van der Waals surface area contributed by atoms with Gasteiger partial charge in [0.05, 0.1) is 0 Å². The zero-order valence-electron chi connectivity index (χ0n) is 11.2. The average molecular weight is 286 g/mol. The van der Waals surface area contributed by atoms with Crippen LogP contribution in [0.3, 0.4) is 0 Å². The lowest BCUT2D eigenvalue weighted by Gasteiger charge is -2.29. The standard InChI is InChI=1S/C13H19FN2O2S/c1-9-3-5-16(6-4-9)19(17,18)13-8-12(15)10(2)7-11(13)14/h7-9H,3-6,15H2,1-2H3. The summed E-state index contributed by atoms with van der Waals surface area (Å²) < 4.78 is 40.1. The molecule has 0 radical (unpaired) electrons. The van der Waals surface area contributed by atoms with Crippen LogP contribution in [0.2, 0.25) is 0 Å². The minimum absolute atomic E-state index is 0.297. The van der Waals surface area contributed by atoms with Gasteiger partial charge in [0, 0.05) is 18.8 Å². The summed E-state index contributed by atoms with van der Waals surface area (Å²) in [4.78, 5) is -0.315. The summed E-state index contributed by atoms with van der Waals surface area (Å²) >= 11 is 0. The largest absolute Gasteiger partial charge is 0.398 e. The van der Waals surface area contributed by atoms with Crippen molar-refractivity contribution in [2.75, 3.05) is 18.8 Å². The lowest BCUT2D eigenvalue weighted by atomic mass is 10.0. The second-order valence-electron chi connectivity index (χ2n) is 5.23. The first-order valence-electron chi connectivity index (χ1n) is 6.38. The molecule has 2 rings (SSSR count). The number of hydrogen-bond acceptors (Lipinski definition) is 3. The summed E-state index contributed by atoms with van der Waals surface area (Å²) in [5.41, 5.74) is 6.53. The van der Waals surface area contributed by atoms with Crippen LogP contribution in [0.5, 0.6) is 0 Å². The summed E-state index contributed by atoms with van der Waals surface area (Å²) in [6.45, 7) is 4.62. The predicted molar refractivity (Wildman–Crippen MR) is 72.7 cm³/mol. The molecule has 0 spiro atoms. The first-order chi connectivity index (χ1) is 8.82.